The van der Waals surface area contributed by atoms with Gasteiger partial charge >= 0.3 is 0 Å². The van der Waals surface area contributed by atoms with E-state index in [0.29, 0.717) is 35.1 Å². The molecule has 0 aromatic heterocycles. The van der Waals surface area contributed by atoms with Crippen LogP contribution in [0.4, 0.5) is 0 Å². The molecular weight excluding hydrogens is 504 g/mol. The van der Waals surface area contributed by atoms with Crippen LogP contribution in [-0.4, -0.2) is 76.9 Å². The van der Waals surface area contributed by atoms with Gasteiger partial charge in [-0.1, -0.05) is 12.1 Å². The fourth-order valence-corrected chi connectivity index (χ4v) is 4.35. The van der Waals surface area contributed by atoms with Crippen LogP contribution in [0.1, 0.15) is 30.4 Å². The molecule has 1 aliphatic rings. The van der Waals surface area contributed by atoms with Crippen molar-refractivity contribution in [3.63, 3.8) is 0 Å². The van der Waals surface area contributed by atoms with Gasteiger partial charge in [-0.25, -0.2) is 0 Å². The minimum absolute atomic E-state index is 0.0166. The Morgan fingerprint density at radius 2 is 1.62 bits per heavy atom. The van der Waals surface area contributed by atoms with Crippen LogP contribution in [0, 0.1) is 0 Å². The minimum atomic E-state index is -1.10. The number of hydrogen-bond acceptors (Lipinski definition) is 9. The molecule has 0 spiro atoms. The second-order valence-corrected chi connectivity index (χ2v) is 9.78. The van der Waals surface area contributed by atoms with Crippen molar-refractivity contribution in [2.24, 2.45) is 17.2 Å². The monoisotopic (exact) mass is 542 g/mol. The van der Waals surface area contributed by atoms with Crippen molar-refractivity contribution < 1.29 is 29.7 Å². The average molecular weight is 543 g/mol. The predicted molar refractivity (Wildman–Crippen MR) is 145 cm³/mol. The number of phenols is 2. The summed E-state index contributed by atoms with van der Waals surface area (Å²) in [7, 11) is 0. The zero-order valence-corrected chi connectivity index (χ0v) is 21.7. The molecule has 1 heterocycles. The first-order valence-corrected chi connectivity index (χ1v) is 13.0. The summed E-state index contributed by atoms with van der Waals surface area (Å²) >= 11 is 0. The van der Waals surface area contributed by atoms with E-state index in [0.717, 1.165) is 0 Å². The second-order valence-electron chi connectivity index (χ2n) is 9.78. The Morgan fingerprint density at radius 3 is 2.21 bits per heavy atom. The first-order valence-electron chi connectivity index (χ1n) is 13.0. The maximum Gasteiger partial charge on any atom is 0.243 e. The number of aliphatic hydroxyl groups is 1. The lowest BCUT2D eigenvalue weighted by Crippen LogP contribution is -2.56. The number of aliphatic hydroxyl groups excluding tert-OH is 1. The molecule has 2 aromatic rings. The number of aromatic hydroxyl groups is 2. The Hall–Kier alpha value is -3.71. The molecule has 212 valence electrons. The van der Waals surface area contributed by atoms with Crippen molar-refractivity contribution in [1.29, 1.82) is 0 Å². The van der Waals surface area contributed by atoms with Gasteiger partial charge in [0.2, 0.25) is 17.7 Å². The molecule has 3 amide bonds. The summed E-state index contributed by atoms with van der Waals surface area (Å²) in [6.07, 6.45) is 0.922. The maximum absolute atomic E-state index is 13.3. The molecular formula is C27H38N6O6. The van der Waals surface area contributed by atoms with E-state index in [1.165, 1.54) is 12.1 Å². The normalized spacial score (nSPS) is 20.7. The Balaban J connectivity index is 2.02. The van der Waals surface area contributed by atoms with Crippen LogP contribution in [0.5, 0.6) is 11.5 Å². The van der Waals surface area contributed by atoms with Gasteiger partial charge in [0.25, 0.3) is 0 Å². The standard InChI is InChI=1S/C27H38N6O6/c28-8-1-2-21-27(39)33-22(26(38)31-9-7-19(29)14-34)13-18-11-16(4-6-24(18)36)15-3-5-23(35)17(10-15)12-20(30)25(37)32-21/h3-6,10-11,19-22,34-36H,1-2,7-9,12-14,28-30H2,(H,31,38)(H,32,37)(H,33,39)/t19-,20+,21-,22-/m0/s1. The topological polar surface area (TPSA) is 226 Å². The van der Waals surface area contributed by atoms with Crippen molar-refractivity contribution in [3.8, 4) is 22.6 Å². The quantitative estimate of drug-likeness (QED) is 0.193. The molecule has 2 aromatic carbocycles. The van der Waals surface area contributed by atoms with Crippen LogP contribution in [-0.2, 0) is 27.2 Å². The van der Waals surface area contributed by atoms with Gasteiger partial charge in [0.15, 0.2) is 0 Å². The largest absolute Gasteiger partial charge is 0.508 e. The summed E-state index contributed by atoms with van der Waals surface area (Å²) in [4.78, 5) is 39.4. The molecule has 12 heteroatoms. The number of benzene rings is 2. The first-order chi connectivity index (χ1) is 18.6. The summed E-state index contributed by atoms with van der Waals surface area (Å²) < 4.78 is 0. The zero-order chi connectivity index (χ0) is 28.5. The van der Waals surface area contributed by atoms with Crippen LogP contribution < -0.4 is 33.2 Å². The minimum Gasteiger partial charge on any atom is -0.508 e. The zero-order valence-electron chi connectivity index (χ0n) is 21.7. The lowest BCUT2D eigenvalue weighted by molar-refractivity contribution is -0.132. The van der Waals surface area contributed by atoms with E-state index < -0.39 is 41.9 Å². The summed E-state index contributed by atoms with van der Waals surface area (Å²) in [5, 5.41) is 38.2. The van der Waals surface area contributed by atoms with Crippen molar-refractivity contribution in [2.75, 3.05) is 19.7 Å². The smallest absolute Gasteiger partial charge is 0.243 e. The van der Waals surface area contributed by atoms with Gasteiger partial charge < -0.3 is 48.5 Å². The number of amides is 3. The number of nitrogens with one attached hydrogen (secondary N) is 3. The van der Waals surface area contributed by atoms with Gasteiger partial charge in [-0.15, -0.1) is 0 Å². The van der Waals surface area contributed by atoms with Crippen molar-refractivity contribution in [3.05, 3.63) is 47.5 Å². The number of fused-ring (bicyclic) bond motifs is 5. The molecule has 0 aliphatic carbocycles. The van der Waals surface area contributed by atoms with E-state index in [1.54, 1.807) is 24.3 Å². The number of rotatable bonds is 8. The number of nitrogens with two attached hydrogens (primary N) is 3. The van der Waals surface area contributed by atoms with Crippen molar-refractivity contribution in [2.45, 2.75) is 56.3 Å². The van der Waals surface area contributed by atoms with E-state index >= 15 is 0 Å². The molecule has 4 bridgehead atoms. The third-order valence-electron chi connectivity index (χ3n) is 6.70. The molecule has 0 fully saturated rings. The molecule has 39 heavy (non-hydrogen) atoms. The molecule has 3 rings (SSSR count). The predicted octanol–water partition coefficient (Wildman–Crippen LogP) is -1.27. The Labute approximate surface area is 226 Å². The van der Waals surface area contributed by atoms with Gasteiger partial charge in [-0.3, -0.25) is 14.4 Å². The van der Waals surface area contributed by atoms with E-state index in [-0.39, 0.29) is 50.5 Å². The third-order valence-corrected chi connectivity index (χ3v) is 6.70. The van der Waals surface area contributed by atoms with Gasteiger partial charge in [0.1, 0.15) is 23.6 Å². The van der Waals surface area contributed by atoms with E-state index in [9.17, 15) is 24.6 Å². The molecule has 12 N–H and O–H groups in total. The number of phenolic OH excluding ortho intramolecular Hbond substituents is 2. The molecule has 4 atom stereocenters. The highest BCUT2D eigenvalue weighted by Gasteiger charge is 2.29. The highest BCUT2D eigenvalue weighted by Crippen LogP contribution is 2.30. The summed E-state index contributed by atoms with van der Waals surface area (Å²) in [5.74, 6) is -1.81. The van der Waals surface area contributed by atoms with Crippen LogP contribution in [0.15, 0.2) is 36.4 Å². The van der Waals surface area contributed by atoms with Crippen LogP contribution in [0.2, 0.25) is 0 Å². The Kier molecular flexibility index (Phi) is 10.6. The number of carbonyl (C=O) groups is 3. The van der Waals surface area contributed by atoms with Crippen molar-refractivity contribution in [1.82, 2.24) is 16.0 Å². The van der Waals surface area contributed by atoms with Gasteiger partial charge in [0, 0.05) is 25.4 Å². The highest BCUT2D eigenvalue weighted by atomic mass is 16.3. The van der Waals surface area contributed by atoms with E-state index in [2.05, 4.69) is 16.0 Å². The maximum atomic E-state index is 13.3. The molecule has 0 saturated carbocycles. The summed E-state index contributed by atoms with van der Waals surface area (Å²) in [5.41, 5.74) is 19.8. The Morgan fingerprint density at radius 1 is 1.00 bits per heavy atom. The fourth-order valence-electron chi connectivity index (χ4n) is 4.35. The van der Waals surface area contributed by atoms with E-state index in [4.69, 9.17) is 22.3 Å². The number of carbonyl (C=O) groups excluding carboxylic acids is 3. The lowest BCUT2D eigenvalue weighted by atomic mass is 9.95. The molecule has 0 saturated heterocycles. The molecule has 0 unspecified atom stereocenters. The van der Waals surface area contributed by atoms with E-state index in [1.807, 2.05) is 0 Å². The van der Waals surface area contributed by atoms with Crippen molar-refractivity contribution >= 4 is 17.7 Å². The van der Waals surface area contributed by atoms with Gasteiger partial charge in [0.05, 0.1) is 12.6 Å². The first kappa shape index (κ1) is 29.8. The van der Waals surface area contributed by atoms with Crippen LogP contribution >= 0.6 is 0 Å². The number of hydrogen-bond donors (Lipinski definition) is 9. The molecule has 1 aliphatic heterocycles. The van der Waals surface area contributed by atoms with Gasteiger partial charge in [-0.2, -0.15) is 0 Å². The molecule has 0 radical (unpaired) electrons. The lowest BCUT2D eigenvalue weighted by Gasteiger charge is -2.24. The van der Waals surface area contributed by atoms with Crippen LogP contribution in [0.25, 0.3) is 11.1 Å². The summed E-state index contributed by atoms with van der Waals surface area (Å²) in [6, 6.07) is 6.10. The third kappa shape index (κ3) is 8.14. The fraction of sp³-hybridized carbons (Fsp3) is 0.444. The summed E-state index contributed by atoms with van der Waals surface area (Å²) in [6.45, 7) is 0.208. The Bertz CT molecular complexity index is 1180. The SMILES string of the molecule is NCCC[C@@H]1NC(=O)[C@H](N)Cc2cc(ccc2O)-c2ccc(O)c(c2)C[C@@H](C(=O)NCC[C@H](N)CO)NC1=O. The molecule has 12 nitrogen and oxygen atoms in total. The average Bonchev–Trinajstić information content (AvgIpc) is 2.92. The highest BCUT2D eigenvalue weighted by molar-refractivity contribution is 5.93. The van der Waals surface area contributed by atoms with Gasteiger partial charge in [-0.05, 0) is 72.3 Å². The van der Waals surface area contributed by atoms with Crippen LogP contribution in [0.3, 0.4) is 0 Å². The second kappa shape index (κ2) is 13.9.